The van der Waals surface area contributed by atoms with Gasteiger partial charge in [0.15, 0.2) is 0 Å². The van der Waals surface area contributed by atoms with Crippen molar-refractivity contribution >= 4 is 17.4 Å². The van der Waals surface area contributed by atoms with E-state index in [0.29, 0.717) is 6.54 Å². The minimum Gasteiger partial charge on any atom is -0.245 e. The van der Waals surface area contributed by atoms with Gasteiger partial charge in [0.05, 0.1) is 0 Å². The summed E-state index contributed by atoms with van der Waals surface area (Å²) in [6, 6.07) is 0. The molecule has 0 aliphatic rings. The molecule has 62 valence electrons. The Kier molecular flexibility index (Phi) is 3.91. The molecule has 1 aromatic heterocycles. The highest BCUT2D eigenvalue weighted by Gasteiger charge is 1.85. The molecule has 0 amide bonds. The number of rotatable bonds is 4. The molecule has 0 aliphatic carbocycles. The summed E-state index contributed by atoms with van der Waals surface area (Å²) in [7, 11) is 0. The Hall–Kier alpha value is -1.32. The molecule has 0 saturated carbocycles. The lowest BCUT2D eigenvalue weighted by atomic mass is 10.4. The van der Waals surface area contributed by atoms with E-state index in [1.807, 2.05) is 17.5 Å². The second kappa shape index (κ2) is 5.35. The molecule has 0 aliphatic heterocycles. The van der Waals surface area contributed by atoms with Crippen LogP contribution >= 0.6 is 11.3 Å². The highest BCUT2D eigenvalue weighted by molar-refractivity contribution is 7.10. The van der Waals surface area contributed by atoms with Crippen molar-refractivity contribution in [2.75, 3.05) is 6.54 Å². The molecule has 1 rings (SSSR count). The first-order valence-corrected chi connectivity index (χ1v) is 4.38. The monoisotopic (exact) mass is 180 g/mol. The SMILES string of the molecule is [N-]=[N+]=NCCC=Cc1nccs1. The smallest absolute Gasteiger partial charge is 0.115 e. The van der Waals surface area contributed by atoms with E-state index in [9.17, 15) is 0 Å². The minimum atomic E-state index is 0.512. The van der Waals surface area contributed by atoms with Crippen molar-refractivity contribution in [3.63, 3.8) is 0 Å². The fourth-order valence-corrected chi connectivity index (χ4v) is 1.24. The molecule has 0 unspecified atom stereocenters. The van der Waals surface area contributed by atoms with Gasteiger partial charge in [-0.1, -0.05) is 11.2 Å². The summed E-state index contributed by atoms with van der Waals surface area (Å²) in [4.78, 5) is 6.71. The van der Waals surface area contributed by atoms with E-state index >= 15 is 0 Å². The van der Waals surface area contributed by atoms with Gasteiger partial charge in [-0.05, 0) is 18.0 Å². The molecular formula is C7H8N4S. The summed E-state index contributed by atoms with van der Waals surface area (Å²) in [6.07, 6.45) is 6.41. The van der Waals surface area contributed by atoms with Crippen LogP contribution in [0.2, 0.25) is 0 Å². The summed E-state index contributed by atoms with van der Waals surface area (Å²) in [5.74, 6) is 0. The first kappa shape index (κ1) is 8.77. The largest absolute Gasteiger partial charge is 0.245 e. The number of hydrogen-bond donors (Lipinski definition) is 0. The molecule has 4 nitrogen and oxygen atoms in total. The second-order valence-electron chi connectivity index (χ2n) is 2.02. The van der Waals surface area contributed by atoms with Gasteiger partial charge in [0.2, 0.25) is 0 Å². The van der Waals surface area contributed by atoms with Crippen molar-refractivity contribution in [3.8, 4) is 0 Å². The molecule has 0 fully saturated rings. The Morgan fingerprint density at radius 1 is 1.75 bits per heavy atom. The van der Waals surface area contributed by atoms with Gasteiger partial charge in [-0.25, -0.2) is 4.98 Å². The van der Waals surface area contributed by atoms with E-state index in [4.69, 9.17) is 5.53 Å². The molecule has 0 saturated heterocycles. The highest BCUT2D eigenvalue weighted by Crippen LogP contribution is 2.06. The lowest BCUT2D eigenvalue weighted by Crippen LogP contribution is -1.72. The summed E-state index contributed by atoms with van der Waals surface area (Å²) >= 11 is 1.59. The van der Waals surface area contributed by atoms with E-state index < -0.39 is 0 Å². The van der Waals surface area contributed by atoms with Crippen LogP contribution in [0.3, 0.4) is 0 Å². The van der Waals surface area contributed by atoms with Gasteiger partial charge in [-0.3, -0.25) is 0 Å². The zero-order valence-electron chi connectivity index (χ0n) is 6.42. The van der Waals surface area contributed by atoms with Crippen LogP contribution in [-0.4, -0.2) is 11.5 Å². The molecule has 5 heteroatoms. The number of aromatic nitrogens is 1. The Bertz CT molecular complexity index is 284. The summed E-state index contributed by atoms with van der Waals surface area (Å²) in [5, 5.41) is 6.31. The van der Waals surface area contributed by atoms with Crippen molar-refractivity contribution in [2.24, 2.45) is 5.11 Å². The summed E-state index contributed by atoms with van der Waals surface area (Å²) in [6.45, 7) is 0.512. The topological polar surface area (TPSA) is 61.7 Å². The van der Waals surface area contributed by atoms with Gasteiger partial charge in [0, 0.05) is 23.0 Å². The highest BCUT2D eigenvalue weighted by atomic mass is 32.1. The lowest BCUT2D eigenvalue weighted by Gasteiger charge is -1.82. The third kappa shape index (κ3) is 3.18. The standard InChI is InChI=1S/C7H8N4S/c8-11-10-4-2-1-3-7-9-5-6-12-7/h1,3,5-6H,2,4H2. The Labute approximate surface area is 74.2 Å². The average Bonchev–Trinajstić information content (AvgIpc) is 2.57. The Balaban J connectivity index is 2.27. The van der Waals surface area contributed by atoms with Crippen LogP contribution in [0, 0.1) is 0 Å². The molecule has 0 aromatic carbocycles. The first-order valence-electron chi connectivity index (χ1n) is 3.50. The van der Waals surface area contributed by atoms with E-state index in [1.165, 1.54) is 0 Å². The summed E-state index contributed by atoms with van der Waals surface area (Å²) in [5.41, 5.74) is 7.97. The van der Waals surface area contributed by atoms with Crippen molar-refractivity contribution in [3.05, 3.63) is 33.1 Å². The van der Waals surface area contributed by atoms with E-state index in [2.05, 4.69) is 15.0 Å². The second-order valence-corrected chi connectivity index (χ2v) is 2.94. The maximum atomic E-state index is 7.97. The molecule has 0 bridgehead atoms. The Morgan fingerprint density at radius 3 is 3.33 bits per heavy atom. The van der Waals surface area contributed by atoms with Crippen LogP contribution in [0.1, 0.15) is 11.4 Å². The lowest BCUT2D eigenvalue weighted by molar-refractivity contribution is 0.995. The normalized spacial score (nSPS) is 10.0. The fraction of sp³-hybridized carbons (Fsp3) is 0.286. The van der Waals surface area contributed by atoms with E-state index in [-0.39, 0.29) is 0 Å². The Morgan fingerprint density at radius 2 is 2.67 bits per heavy atom. The summed E-state index contributed by atoms with van der Waals surface area (Å²) < 4.78 is 0. The zero-order valence-corrected chi connectivity index (χ0v) is 7.24. The zero-order chi connectivity index (χ0) is 8.65. The van der Waals surface area contributed by atoms with Crippen LogP contribution in [0.5, 0.6) is 0 Å². The average molecular weight is 180 g/mol. The maximum Gasteiger partial charge on any atom is 0.115 e. The third-order valence-corrected chi connectivity index (χ3v) is 1.91. The predicted molar refractivity (Wildman–Crippen MR) is 49.8 cm³/mol. The molecular weight excluding hydrogens is 172 g/mol. The van der Waals surface area contributed by atoms with Gasteiger partial charge < -0.3 is 0 Å². The van der Waals surface area contributed by atoms with Crippen molar-refractivity contribution in [1.82, 2.24) is 4.98 Å². The third-order valence-electron chi connectivity index (χ3n) is 1.17. The predicted octanol–water partition coefficient (Wildman–Crippen LogP) is 2.86. The molecule has 1 heterocycles. The van der Waals surface area contributed by atoms with Gasteiger partial charge in [0.1, 0.15) is 5.01 Å². The minimum absolute atomic E-state index is 0.512. The number of hydrogen-bond acceptors (Lipinski definition) is 3. The maximum absolute atomic E-state index is 7.97. The first-order chi connectivity index (χ1) is 5.93. The number of thiazole rings is 1. The van der Waals surface area contributed by atoms with Crippen LogP contribution in [-0.2, 0) is 0 Å². The van der Waals surface area contributed by atoms with Crippen molar-refractivity contribution in [1.29, 1.82) is 0 Å². The van der Waals surface area contributed by atoms with E-state index in [0.717, 1.165) is 11.4 Å². The molecule has 0 atom stereocenters. The van der Waals surface area contributed by atoms with Gasteiger partial charge in [-0.15, -0.1) is 11.3 Å². The molecule has 0 N–H and O–H groups in total. The quantitative estimate of drug-likeness (QED) is 0.304. The van der Waals surface area contributed by atoms with Gasteiger partial charge in [0.25, 0.3) is 0 Å². The molecule has 1 aromatic rings. The molecule has 0 radical (unpaired) electrons. The number of nitrogens with zero attached hydrogens (tertiary/aromatic N) is 4. The van der Waals surface area contributed by atoms with Gasteiger partial charge in [-0.2, -0.15) is 0 Å². The van der Waals surface area contributed by atoms with E-state index in [1.54, 1.807) is 17.5 Å². The van der Waals surface area contributed by atoms with Crippen molar-refractivity contribution < 1.29 is 0 Å². The van der Waals surface area contributed by atoms with Crippen LogP contribution in [0.4, 0.5) is 0 Å². The van der Waals surface area contributed by atoms with Crippen LogP contribution < -0.4 is 0 Å². The fourth-order valence-electron chi connectivity index (χ4n) is 0.678. The van der Waals surface area contributed by atoms with Crippen LogP contribution in [0.15, 0.2) is 22.8 Å². The number of azide groups is 1. The van der Waals surface area contributed by atoms with Crippen molar-refractivity contribution in [2.45, 2.75) is 6.42 Å². The van der Waals surface area contributed by atoms with Gasteiger partial charge >= 0.3 is 0 Å². The van der Waals surface area contributed by atoms with Crippen LogP contribution in [0.25, 0.3) is 16.5 Å². The molecule has 0 spiro atoms. The molecule has 12 heavy (non-hydrogen) atoms.